The fourth-order valence-electron chi connectivity index (χ4n) is 6.84. The average Bonchev–Trinajstić information content (AvgIpc) is 3.37. The van der Waals surface area contributed by atoms with Crippen LogP contribution in [-0.2, 0) is 23.5 Å². The van der Waals surface area contributed by atoms with Crippen LogP contribution in [-0.4, -0.2) is 27.7 Å². The molecule has 1 saturated heterocycles. The zero-order chi connectivity index (χ0) is 32.3. The normalized spacial score (nSPS) is 13.2. The number of pyridine rings is 2. The molecule has 0 atom stereocenters. The van der Waals surface area contributed by atoms with E-state index >= 15 is 0 Å². The van der Waals surface area contributed by atoms with Crippen molar-refractivity contribution >= 4 is 47.8 Å². The summed E-state index contributed by atoms with van der Waals surface area (Å²) in [6.45, 7) is 14.8. The van der Waals surface area contributed by atoms with E-state index in [2.05, 4.69) is 150 Å². The SMILES string of the molecule is Cc1cc(C)c(N2CCN(c3c(C)cc(C)cc3C)C2(c2ncccc2Br)c2ncccc2Br)c(C)c1.[Cl-].[Cl-].[Ru+2]=[CH]c1ccccc1. The van der Waals surface area contributed by atoms with Crippen LogP contribution in [0.5, 0.6) is 0 Å². The zero-order valence-electron chi connectivity index (χ0n) is 27.3. The van der Waals surface area contributed by atoms with Gasteiger partial charge in [0.05, 0.1) is 0 Å². The fourth-order valence-corrected chi connectivity index (χ4v) is 8.24. The van der Waals surface area contributed by atoms with Gasteiger partial charge in [0.2, 0.25) is 5.66 Å². The number of halogens is 4. The number of aryl methyl sites for hydroxylation is 6. The maximum absolute atomic E-state index is 5.06. The Morgan fingerprint density at radius 1 is 0.617 bits per heavy atom. The van der Waals surface area contributed by atoms with Gasteiger partial charge in [0.1, 0.15) is 11.4 Å². The second kappa shape index (κ2) is 16.8. The number of aromatic nitrogens is 2. The minimum absolute atomic E-state index is 0. The van der Waals surface area contributed by atoms with Gasteiger partial charge in [0.15, 0.2) is 0 Å². The molecule has 0 bridgehead atoms. The molecule has 4 nitrogen and oxygen atoms in total. The number of hydrogen-bond acceptors (Lipinski definition) is 4. The number of nitrogens with zero attached hydrogens (tertiary/aromatic N) is 4. The summed E-state index contributed by atoms with van der Waals surface area (Å²) in [4.78, 5) is 15.2. The van der Waals surface area contributed by atoms with Crippen LogP contribution >= 0.6 is 31.9 Å². The molecular formula is C38H38Br2Cl2N4Ru. The molecule has 2 aromatic heterocycles. The Labute approximate surface area is 318 Å². The predicted molar refractivity (Wildman–Crippen MR) is 192 cm³/mol. The molecule has 0 aliphatic carbocycles. The van der Waals surface area contributed by atoms with Gasteiger partial charge in [0, 0.05) is 45.8 Å². The van der Waals surface area contributed by atoms with E-state index in [0.29, 0.717) is 0 Å². The Hall–Kier alpha value is -2.41. The molecule has 9 heteroatoms. The van der Waals surface area contributed by atoms with Crippen molar-refractivity contribution < 1.29 is 42.7 Å². The molecule has 0 unspecified atom stereocenters. The number of benzene rings is 3. The first-order valence-electron chi connectivity index (χ1n) is 15.0. The topological polar surface area (TPSA) is 32.3 Å². The zero-order valence-corrected chi connectivity index (χ0v) is 33.7. The van der Waals surface area contributed by atoms with E-state index < -0.39 is 5.66 Å². The van der Waals surface area contributed by atoms with E-state index in [-0.39, 0.29) is 24.8 Å². The molecule has 6 rings (SSSR count). The van der Waals surface area contributed by atoms with Gasteiger partial charge in [-0.1, -0.05) is 35.4 Å². The predicted octanol–water partition coefficient (Wildman–Crippen LogP) is 3.47. The molecule has 0 saturated carbocycles. The van der Waals surface area contributed by atoms with Crippen LogP contribution in [0.4, 0.5) is 11.4 Å². The van der Waals surface area contributed by atoms with Gasteiger partial charge in [-0.25, -0.2) is 0 Å². The molecule has 0 N–H and O–H groups in total. The molecule has 1 aliphatic rings. The van der Waals surface area contributed by atoms with Crippen LogP contribution in [0.1, 0.15) is 50.3 Å². The van der Waals surface area contributed by atoms with E-state index in [0.717, 1.165) is 33.4 Å². The summed E-state index contributed by atoms with van der Waals surface area (Å²) in [6, 6.07) is 27.4. The quantitative estimate of drug-likeness (QED) is 0.254. The number of hydrogen-bond donors (Lipinski definition) is 0. The minimum atomic E-state index is -0.796. The van der Waals surface area contributed by atoms with E-state index in [1.54, 1.807) is 0 Å². The van der Waals surface area contributed by atoms with Crippen molar-refractivity contribution in [2.24, 2.45) is 0 Å². The van der Waals surface area contributed by atoms with E-state index in [1.807, 2.05) is 47.3 Å². The number of rotatable bonds is 5. The summed E-state index contributed by atoms with van der Waals surface area (Å²) >= 11 is 10.3. The molecule has 1 aliphatic heterocycles. The third kappa shape index (κ3) is 7.76. The van der Waals surface area contributed by atoms with Crippen LogP contribution < -0.4 is 34.6 Å². The number of anilines is 2. The molecule has 0 spiro atoms. The molecule has 47 heavy (non-hydrogen) atoms. The molecule has 3 heterocycles. The third-order valence-corrected chi connectivity index (χ3v) is 10.1. The van der Waals surface area contributed by atoms with Crippen molar-refractivity contribution in [1.29, 1.82) is 0 Å². The van der Waals surface area contributed by atoms with Crippen molar-refractivity contribution in [3.63, 3.8) is 0 Å². The van der Waals surface area contributed by atoms with E-state index in [4.69, 9.17) is 9.97 Å². The standard InChI is InChI=1S/C31H32Br2N4.C7H6.2ClH.Ru/c1-19-15-21(3)27(22(4)16-19)36-13-14-37(28-23(5)17-20(2)18-24(28)6)31(36,29-25(32)9-7-11-34-29)30-26(33)10-8-12-35-30;1-7-5-3-2-4-6-7;;;/h7-12,15-18H,13-14H2,1-6H3;1-6H;2*1H;/q;;;;+2/p-2. The van der Waals surface area contributed by atoms with Crippen molar-refractivity contribution in [1.82, 2.24) is 9.97 Å². The Morgan fingerprint density at radius 2 is 1.00 bits per heavy atom. The van der Waals surface area contributed by atoms with Gasteiger partial charge in [-0.15, -0.1) is 0 Å². The van der Waals surface area contributed by atoms with Gasteiger partial charge in [-0.2, -0.15) is 0 Å². The van der Waals surface area contributed by atoms with Crippen molar-refractivity contribution in [3.8, 4) is 0 Å². The van der Waals surface area contributed by atoms with Gasteiger partial charge in [-0.3, -0.25) is 9.97 Å². The molecule has 246 valence electrons. The molecule has 1 fully saturated rings. The van der Waals surface area contributed by atoms with Crippen LogP contribution in [0.2, 0.25) is 0 Å². The maximum atomic E-state index is 5.06. The van der Waals surface area contributed by atoms with Gasteiger partial charge >= 0.3 is 58.4 Å². The summed E-state index contributed by atoms with van der Waals surface area (Å²) in [5.74, 6) is 0. The fraction of sp³-hybridized carbons (Fsp3) is 0.237. The van der Waals surface area contributed by atoms with Gasteiger partial charge < -0.3 is 34.6 Å². The van der Waals surface area contributed by atoms with E-state index in [9.17, 15) is 0 Å². The van der Waals surface area contributed by atoms with Crippen molar-refractivity contribution in [2.75, 3.05) is 22.9 Å². The monoisotopic (exact) mass is 880 g/mol. The molecule has 0 radical (unpaired) electrons. The molecule has 3 aromatic carbocycles. The Bertz CT molecular complexity index is 1690. The summed E-state index contributed by atoms with van der Waals surface area (Å²) in [7, 11) is 0. The summed E-state index contributed by atoms with van der Waals surface area (Å²) < 4.78 is 3.92. The van der Waals surface area contributed by atoms with E-state index in [1.165, 1.54) is 50.3 Å². The molecule has 0 amide bonds. The first-order chi connectivity index (χ1) is 21.6. The summed E-state index contributed by atoms with van der Waals surface area (Å²) in [5, 5.41) is 0. The summed E-state index contributed by atoms with van der Waals surface area (Å²) in [5.41, 5.74) is 12.3. The third-order valence-electron chi connectivity index (χ3n) is 8.23. The van der Waals surface area contributed by atoms with Gasteiger partial charge in [0.25, 0.3) is 0 Å². The molecular weight excluding hydrogens is 844 g/mol. The Kier molecular flexibility index (Phi) is 14.0. The molecule has 5 aromatic rings. The second-order valence-corrected chi connectivity index (χ2v) is 13.9. The summed E-state index contributed by atoms with van der Waals surface area (Å²) in [6.07, 6.45) is 3.77. The Morgan fingerprint density at radius 3 is 1.32 bits per heavy atom. The van der Waals surface area contributed by atoms with Gasteiger partial charge in [-0.05, 0) is 120 Å². The second-order valence-electron chi connectivity index (χ2n) is 11.7. The first-order valence-corrected chi connectivity index (χ1v) is 17.6. The van der Waals surface area contributed by atoms with Crippen LogP contribution in [0.3, 0.4) is 0 Å². The van der Waals surface area contributed by atoms with Crippen molar-refractivity contribution in [2.45, 2.75) is 47.2 Å². The Balaban J connectivity index is 0.000000527. The van der Waals surface area contributed by atoms with Crippen LogP contribution in [0, 0.1) is 41.5 Å². The average molecular weight is 883 g/mol. The first kappa shape index (κ1) is 39.0. The van der Waals surface area contributed by atoms with Crippen LogP contribution in [0.25, 0.3) is 0 Å². The van der Waals surface area contributed by atoms with Crippen LogP contribution in [0.15, 0.2) is 100 Å². The van der Waals surface area contributed by atoms with Crippen molar-refractivity contribution in [3.05, 3.63) is 151 Å².